The van der Waals surface area contributed by atoms with E-state index < -0.39 is 0 Å². The molecule has 0 aliphatic heterocycles. The molecule has 0 amide bonds. The number of hydrogen-bond donors (Lipinski definition) is 2. The molecule has 0 spiro atoms. The van der Waals surface area contributed by atoms with Crippen LogP contribution in [-0.2, 0) is 18.5 Å². The van der Waals surface area contributed by atoms with Crippen molar-refractivity contribution in [1.29, 1.82) is 0 Å². The van der Waals surface area contributed by atoms with E-state index in [0.717, 1.165) is 49.6 Å². The Labute approximate surface area is 177 Å². The molecule has 0 bridgehead atoms. The zero-order chi connectivity index (χ0) is 20.8. The minimum Gasteiger partial charge on any atom is -0.357 e. The van der Waals surface area contributed by atoms with Gasteiger partial charge in [-0.25, -0.2) is 14.4 Å². The average Bonchev–Trinajstić information content (AvgIpc) is 3.38. The average molecular weight is 406 g/mol. The zero-order valence-corrected chi connectivity index (χ0v) is 17.3. The Balaban J connectivity index is 1.35. The minimum atomic E-state index is -0.171. The molecule has 4 rings (SSSR count). The molecule has 5 nitrogen and oxygen atoms in total. The minimum absolute atomic E-state index is 0.0211. The van der Waals surface area contributed by atoms with Crippen molar-refractivity contribution in [3.63, 3.8) is 0 Å². The second-order valence-corrected chi connectivity index (χ2v) is 7.89. The van der Waals surface area contributed by atoms with Crippen molar-refractivity contribution >= 4 is 5.96 Å². The van der Waals surface area contributed by atoms with Crippen molar-refractivity contribution < 1.29 is 4.39 Å². The van der Waals surface area contributed by atoms with Gasteiger partial charge >= 0.3 is 0 Å². The molecule has 1 fully saturated rings. The molecule has 3 aromatic rings. The van der Waals surface area contributed by atoms with Gasteiger partial charge in [0.05, 0.1) is 12.9 Å². The summed E-state index contributed by atoms with van der Waals surface area (Å²) in [5.41, 5.74) is 3.48. The van der Waals surface area contributed by atoms with Crippen molar-refractivity contribution in [2.45, 2.75) is 38.3 Å². The van der Waals surface area contributed by atoms with Gasteiger partial charge in [0.1, 0.15) is 5.82 Å². The smallest absolute Gasteiger partial charge is 0.191 e. The third-order valence-electron chi connectivity index (χ3n) is 5.60. The van der Waals surface area contributed by atoms with Crippen molar-refractivity contribution in [3.05, 3.63) is 89.8 Å². The second-order valence-electron chi connectivity index (χ2n) is 7.89. The van der Waals surface area contributed by atoms with Crippen LogP contribution in [0.15, 0.2) is 72.2 Å². The summed E-state index contributed by atoms with van der Waals surface area (Å²) in [7, 11) is 0. The number of hydrogen-bond acceptors (Lipinski definition) is 2. The monoisotopic (exact) mass is 405 g/mol. The van der Waals surface area contributed by atoms with Gasteiger partial charge in [0.25, 0.3) is 0 Å². The lowest BCUT2D eigenvalue weighted by molar-refractivity contribution is 0.607. The standard InChI is InChI=1S/C24H28FN5/c1-2-27-23(29-17-24(10-11-24)21-4-3-5-22(25)14-21)28-15-19-6-8-20(9-7-19)16-30-13-12-26-18-30/h3-9,12-14,18H,2,10-11,15-17H2,1H3,(H2,27,28,29). The third kappa shape index (κ3) is 5.06. The summed E-state index contributed by atoms with van der Waals surface area (Å²) in [6.45, 7) is 5.03. The van der Waals surface area contributed by atoms with Crippen LogP contribution in [0, 0.1) is 5.82 Å². The van der Waals surface area contributed by atoms with E-state index in [1.165, 1.54) is 11.6 Å². The molecule has 0 unspecified atom stereocenters. The van der Waals surface area contributed by atoms with Gasteiger partial charge in [-0.3, -0.25) is 0 Å². The molecule has 2 aromatic carbocycles. The van der Waals surface area contributed by atoms with Crippen LogP contribution in [0.5, 0.6) is 0 Å². The van der Waals surface area contributed by atoms with Gasteiger partial charge < -0.3 is 15.2 Å². The van der Waals surface area contributed by atoms with Crippen LogP contribution >= 0.6 is 0 Å². The van der Waals surface area contributed by atoms with E-state index in [2.05, 4.69) is 46.8 Å². The largest absolute Gasteiger partial charge is 0.357 e. The maximum atomic E-state index is 13.6. The number of aliphatic imine (C=N–C) groups is 1. The van der Waals surface area contributed by atoms with Gasteiger partial charge in [-0.2, -0.15) is 0 Å². The van der Waals surface area contributed by atoms with E-state index >= 15 is 0 Å². The van der Waals surface area contributed by atoms with Crippen LogP contribution in [0.3, 0.4) is 0 Å². The number of benzene rings is 2. The summed E-state index contributed by atoms with van der Waals surface area (Å²) >= 11 is 0. The number of nitrogens with zero attached hydrogens (tertiary/aromatic N) is 3. The van der Waals surface area contributed by atoms with Gasteiger partial charge in [0, 0.05) is 37.4 Å². The molecule has 1 aliphatic carbocycles. The first-order chi connectivity index (χ1) is 14.7. The highest BCUT2D eigenvalue weighted by Crippen LogP contribution is 2.47. The highest BCUT2D eigenvalue weighted by molar-refractivity contribution is 5.80. The summed E-state index contributed by atoms with van der Waals surface area (Å²) in [5, 5.41) is 6.77. The lowest BCUT2D eigenvalue weighted by atomic mass is 9.96. The molecule has 0 atom stereocenters. The summed E-state index contributed by atoms with van der Waals surface area (Å²) < 4.78 is 15.7. The second kappa shape index (κ2) is 9.11. The summed E-state index contributed by atoms with van der Waals surface area (Å²) in [4.78, 5) is 8.81. The van der Waals surface area contributed by atoms with Crippen LogP contribution in [0.4, 0.5) is 4.39 Å². The van der Waals surface area contributed by atoms with E-state index in [-0.39, 0.29) is 11.2 Å². The van der Waals surface area contributed by atoms with Gasteiger partial charge in [0.15, 0.2) is 5.96 Å². The molecule has 1 saturated carbocycles. The first-order valence-electron chi connectivity index (χ1n) is 10.5. The topological polar surface area (TPSA) is 54.2 Å². The maximum Gasteiger partial charge on any atom is 0.191 e. The SMILES string of the molecule is CCNC(=NCc1ccc(Cn2ccnc2)cc1)NCC1(c2cccc(F)c2)CC1. The molecule has 0 radical (unpaired) electrons. The van der Waals surface area contributed by atoms with Crippen LogP contribution < -0.4 is 10.6 Å². The predicted octanol–water partition coefficient (Wildman–Crippen LogP) is 3.86. The molecule has 156 valence electrons. The van der Waals surface area contributed by atoms with Crippen LogP contribution in [0.1, 0.15) is 36.5 Å². The fourth-order valence-corrected chi connectivity index (χ4v) is 3.64. The maximum absolute atomic E-state index is 13.6. The molecule has 2 N–H and O–H groups in total. The molecule has 0 saturated heterocycles. The molecule has 1 aliphatic rings. The highest BCUT2D eigenvalue weighted by Gasteiger charge is 2.44. The lowest BCUT2D eigenvalue weighted by Crippen LogP contribution is -2.41. The van der Waals surface area contributed by atoms with Crippen molar-refractivity contribution in [2.75, 3.05) is 13.1 Å². The van der Waals surface area contributed by atoms with Crippen LogP contribution in [-0.4, -0.2) is 28.6 Å². The zero-order valence-electron chi connectivity index (χ0n) is 17.3. The Kier molecular flexibility index (Phi) is 6.12. The number of rotatable bonds is 8. The number of halogens is 1. The van der Waals surface area contributed by atoms with E-state index in [0.29, 0.717) is 6.54 Å². The van der Waals surface area contributed by atoms with Gasteiger partial charge in [-0.15, -0.1) is 0 Å². The highest BCUT2D eigenvalue weighted by atomic mass is 19.1. The Morgan fingerprint density at radius 1 is 1.13 bits per heavy atom. The number of guanidine groups is 1. The number of imidazole rings is 1. The van der Waals surface area contributed by atoms with Crippen molar-refractivity contribution in [1.82, 2.24) is 20.2 Å². The molecule has 6 heteroatoms. The Bertz CT molecular complexity index is 975. The van der Waals surface area contributed by atoms with Crippen molar-refractivity contribution in [2.24, 2.45) is 4.99 Å². The first-order valence-corrected chi connectivity index (χ1v) is 10.5. The van der Waals surface area contributed by atoms with E-state index in [9.17, 15) is 4.39 Å². The fourth-order valence-electron chi connectivity index (χ4n) is 3.64. The number of aromatic nitrogens is 2. The molecular weight excluding hydrogens is 377 g/mol. The molecule has 1 heterocycles. The Hall–Kier alpha value is -3.15. The molecule has 30 heavy (non-hydrogen) atoms. The van der Waals surface area contributed by atoms with Crippen LogP contribution in [0.2, 0.25) is 0 Å². The fraction of sp³-hybridized carbons (Fsp3) is 0.333. The Morgan fingerprint density at radius 2 is 1.93 bits per heavy atom. The van der Waals surface area contributed by atoms with Crippen LogP contribution in [0.25, 0.3) is 0 Å². The van der Waals surface area contributed by atoms with E-state index in [4.69, 9.17) is 4.99 Å². The van der Waals surface area contributed by atoms with Gasteiger partial charge in [0.2, 0.25) is 0 Å². The van der Waals surface area contributed by atoms with Gasteiger partial charge in [-0.1, -0.05) is 36.4 Å². The quantitative estimate of drug-likeness (QED) is 0.442. The third-order valence-corrected chi connectivity index (χ3v) is 5.60. The Morgan fingerprint density at radius 3 is 2.60 bits per heavy atom. The molecular formula is C24H28FN5. The first kappa shape index (κ1) is 20.1. The number of nitrogens with one attached hydrogen (secondary N) is 2. The summed E-state index contributed by atoms with van der Waals surface area (Å²) in [5.74, 6) is 0.624. The van der Waals surface area contributed by atoms with Gasteiger partial charge in [-0.05, 0) is 48.6 Å². The van der Waals surface area contributed by atoms with E-state index in [1.54, 1.807) is 18.3 Å². The summed E-state index contributed by atoms with van der Waals surface area (Å²) in [6, 6.07) is 15.5. The van der Waals surface area contributed by atoms with Crippen molar-refractivity contribution in [3.8, 4) is 0 Å². The van der Waals surface area contributed by atoms with E-state index in [1.807, 2.05) is 23.2 Å². The lowest BCUT2D eigenvalue weighted by Gasteiger charge is -2.19. The summed E-state index contributed by atoms with van der Waals surface area (Å²) in [6.07, 6.45) is 7.72. The molecule has 1 aromatic heterocycles. The predicted molar refractivity (Wildman–Crippen MR) is 118 cm³/mol. The normalized spacial score (nSPS) is 15.1.